The summed E-state index contributed by atoms with van der Waals surface area (Å²) in [6.45, 7) is 8.53. The Hall–Kier alpha value is -1.63. The SMILES string of the molecule is CCC(CC(CC(C)(C)C(=O)OCCN(C)C)N1CCCC1=O)N1CCCCCC1=O. The minimum atomic E-state index is -0.694. The van der Waals surface area contributed by atoms with Crippen molar-refractivity contribution in [1.82, 2.24) is 14.7 Å². The van der Waals surface area contributed by atoms with Crippen molar-refractivity contribution >= 4 is 17.8 Å². The van der Waals surface area contributed by atoms with E-state index in [2.05, 4.69) is 6.92 Å². The van der Waals surface area contributed by atoms with Crippen LogP contribution >= 0.6 is 0 Å². The fourth-order valence-corrected chi connectivity index (χ4v) is 4.78. The largest absolute Gasteiger partial charge is 0.464 e. The van der Waals surface area contributed by atoms with Crippen molar-refractivity contribution in [2.24, 2.45) is 5.41 Å². The van der Waals surface area contributed by atoms with E-state index in [9.17, 15) is 14.4 Å². The number of hydrogen-bond donors (Lipinski definition) is 0. The van der Waals surface area contributed by atoms with E-state index in [0.29, 0.717) is 32.4 Å². The Labute approximate surface area is 188 Å². The zero-order valence-corrected chi connectivity index (χ0v) is 20.3. The zero-order valence-electron chi connectivity index (χ0n) is 20.3. The average molecular weight is 438 g/mol. The van der Waals surface area contributed by atoms with E-state index in [0.717, 1.165) is 51.6 Å². The Morgan fingerprint density at radius 1 is 1.00 bits per heavy atom. The summed E-state index contributed by atoms with van der Waals surface area (Å²) >= 11 is 0. The van der Waals surface area contributed by atoms with Crippen LogP contribution in [0.15, 0.2) is 0 Å². The molecule has 0 spiro atoms. The van der Waals surface area contributed by atoms with Crippen molar-refractivity contribution in [3.8, 4) is 0 Å². The second kappa shape index (κ2) is 11.8. The Morgan fingerprint density at radius 3 is 2.23 bits per heavy atom. The van der Waals surface area contributed by atoms with Gasteiger partial charge in [0.25, 0.3) is 0 Å². The molecule has 2 fully saturated rings. The number of likely N-dealkylation sites (N-methyl/N-ethyl adjacent to an activating group) is 1. The van der Waals surface area contributed by atoms with Gasteiger partial charge in [0, 0.05) is 44.6 Å². The summed E-state index contributed by atoms with van der Waals surface area (Å²) in [4.78, 5) is 44.1. The van der Waals surface area contributed by atoms with Crippen LogP contribution in [0.1, 0.15) is 78.6 Å². The minimum absolute atomic E-state index is 0.0626. The molecule has 7 nitrogen and oxygen atoms in total. The summed E-state index contributed by atoms with van der Waals surface area (Å²) in [5.74, 6) is 0.182. The average Bonchev–Trinajstić information content (AvgIpc) is 3.01. The molecule has 0 aromatic rings. The van der Waals surface area contributed by atoms with Gasteiger partial charge < -0.3 is 19.4 Å². The molecule has 0 radical (unpaired) electrons. The highest BCUT2D eigenvalue weighted by Gasteiger charge is 2.39. The summed E-state index contributed by atoms with van der Waals surface area (Å²) in [6, 6.07) is 0.0389. The van der Waals surface area contributed by atoms with Crippen LogP contribution in [-0.2, 0) is 19.1 Å². The van der Waals surface area contributed by atoms with Crippen molar-refractivity contribution in [3.05, 3.63) is 0 Å². The van der Waals surface area contributed by atoms with Crippen molar-refractivity contribution < 1.29 is 19.1 Å². The molecule has 7 heteroatoms. The molecule has 2 aliphatic rings. The first kappa shape index (κ1) is 25.6. The first-order valence-electron chi connectivity index (χ1n) is 12.1. The number of esters is 1. The molecule has 2 aliphatic heterocycles. The van der Waals surface area contributed by atoms with Gasteiger partial charge in [0.15, 0.2) is 0 Å². The number of ether oxygens (including phenoxy) is 1. The van der Waals surface area contributed by atoms with Crippen LogP contribution in [-0.4, -0.2) is 84.9 Å². The van der Waals surface area contributed by atoms with Gasteiger partial charge in [-0.05, 0) is 66.5 Å². The zero-order chi connectivity index (χ0) is 23.0. The van der Waals surface area contributed by atoms with Gasteiger partial charge in [-0.1, -0.05) is 13.3 Å². The predicted molar refractivity (Wildman–Crippen MR) is 122 cm³/mol. The van der Waals surface area contributed by atoms with E-state index >= 15 is 0 Å². The van der Waals surface area contributed by atoms with E-state index in [1.165, 1.54) is 0 Å². The lowest BCUT2D eigenvalue weighted by atomic mass is 9.82. The van der Waals surface area contributed by atoms with Crippen molar-refractivity contribution in [2.45, 2.75) is 90.6 Å². The molecule has 2 heterocycles. The predicted octanol–water partition coefficient (Wildman–Crippen LogP) is 3.07. The van der Waals surface area contributed by atoms with E-state index in [1.54, 1.807) is 0 Å². The fraction of sp³-hybridized carbons (Fsp3) is 0.875. The second-order valence-electron chi connectivity index (χ2n) is 10.1. The monoisotopic (exact) mass is 437 g/mol. The van der Waals surface area contributed by atoms with Gasteiger partial charge in [0.1, 0.15) is 6.61 Å². The first-order valence-corrected chi connectivity index (χ1v) is 12.1. The smallest absolute Gasteiger partial charge is 0.311 e. The highest BCUT2D eigenvalue weighted by molar-refractivity contribution is 5.79. The molecule has 0 bridgehead atoms. The Kier molecular flexibility index (Phi) is 9.79. The summed E-state index contributed by atoms with van der Waals surface area (Å²) in [6.07, 6.45) is 7.29. The summed E-state index contributed by atoms with van der Waals surface area (Å²) in [7, 11) is 3.89. The standard InChI is InChI=1S/C24H43N3O4/c1-6-19(26-13-9-7-8-11-21(26)28)17-20(27-14-10-12-22(27)29)18-24(2,3)23(30)31-16-15-25(4)5/h19-20H,6-18H2,1-5H3. The molecule has 0 aromatic carbocycles. The number of nitrogens with zero attached hydrogens (tertiary/aromatic N) is 3. The first-order chi connectivity index (χ1) is 14.7. The molecule has 2 saturated heterocycles. The van der Waals surface area contributed by atoms with Crippen LogP contribution in [0, 0.1) is 5.41 Å². The number of carbonyl (C=O) groups is 3. The number of rotatable bonds is 11. The maximum Gasteiger partial charge on any atom is 0.311 e. The molecule has 2 amide bonds. The fourth-order valence-electron chi connectivity index (χ4n) is 4.78. The molecular formula is C24H43N3O4. The lowest BCUT2D eigenvalue weighted by Gasteiger charge is -2.39. The molecule has 0 saturated carbocycles. The van der Waals surface area contributed by atoms with Crippen LogP contribution < -0.4 is 0 Å². The molecule has 0 N–H and O–H groups in total. The molecule has 2 atom stereocenters. The van der Waals surface area contributed by atoms with Gasteiger partial charge in [0.05, 0.1) is 5.41 Å². The number of amides is 2. The normalized spacial score (nSPS) is 20.2. The van der Waals surface area contributed by atoms with Gasteiger partial charge in [-0.25, -0.2) is 0 Å². The third kappa shape index (κ3) is 7.48. The van der Waals surface area contributed by atoms with E-state index in [1.807, 2.05) is 42.6 Å². The Balaban J connectivity index is 2.13. The topological polar surface area (TPSA) is 70.2 Å². The van der Waals surface area contributed by atoms with Crippen molar-refractivity contribution in [2.75, 3.05) is 40.3 Å². The third-order valence-corrected chi connectivity index (χ3v) is 6.69. The van der Waals surface area contributed by atoms with Crippen LogP contribution in [0.2, 0.25) is 0 Å². The highest BCUT2D eigenvalue weighted by atomic mass is 16.5. The minimum Gasteiger partial charge on any atom is -0.464 e. The molecule has 2 rings (SSSR count). The molecule has 2 unspecified atom stereocenters. The quantitative estimate of drug-likeness (QED) is 0.465. The molecule has 0 aliphatic carbocycles. The lowest BCUT2D eigenvalue weighted by Crippen LogP contribution is -2.48. The summed E-state index contributed by atoms with van der Waals surface area (Å²) in [5.41, 5.74) is -0.694. The number of likely N-dealkylation sites (tertiary alicyclic amines) is 2. The van der Waals surface area contributed by atoms with Gasteiger partial charge in [-0.2, -0.15) is 0 Å². The van der Waals surface area contributed by atoms with Crippen molar-refractivity contribution in [1.29, 1.82) is 0 Å². The number of hydrogen-bond acceptors (Lipinski definition) is 5. The lowest BCUT2D eigenvalue weighted by molar-refractivity contribution is -0.156. The highest BCUT2D eigenvalue weighted by Crippen LogP contribution is 2.32. The maximum absolute atomic E-state index is 12.8. The molecular weight excluding hydrogens is 394 g/mol. The van der Waals surface area contributed by atoms with Gasteiger partial charge in [0.2, 0.25) is 11.8 Å². The second-order valence-corrected chi connectivity index (χ2v) is 10.1. The maximum atomic E-state index is 12.8. The van der Waals surface area contributed by atoms with Crippen LogP contribution in [0.25, 0.3) is 0 Å². The van der Waals surface area contributed by atoms with Crippen LogP contribution in [0.4, 0.5) is 0 Å². The van der Waals surface area contributed by atoms with Crippen LogP contribution in [0.3, 0.4) is 0 Å². The van der Waals surface area contributed by atoms with Gasteiger partial charge >= 0.3 is 5.97 Å². The van der Waals surface area contributed by atoms with Crippen LogP contribution in [0.5, 0.6) is 0 Å². The molecule has 0 aromatic heterocycles. The summed E-state index contributed by atoms with van der Waals surface area (Å²) < 4.78 is 5.54. The van der Waals surface area contributed by atoms with E-state index in [-0.39, 0.29) is 29.9 Å². The Morgan fingerprint density at radius 2 is 1.61 bits per heavy atom. The third-order valence-electron chi connectivity index (χ3n) is 6.69. The molecule has 31 heavy (non-hydrogen) atoms. The van der Waals surface area contributed by atoms with E-state index < -0.39 is 5.41 Å². The Bertz CT molecular complexity index is 620. The van der Waals surface area contributed by atoms with Gasteiger partial charge in [-0.3, -0.25) is 14.4 Å². The summed E-state index contributed by atoms with van der Waals surface area (Å²) in [5, 5.41) is 0. The van der Waals surface area contributed by atoms with Crippen molar-refractivity contribution in [3.63, 3.8) is 0 Å². The number of carbonyl (C=O) groups excluding carboxylic acids is 3. The van der Waals surface area contributed by atoms with Gasteiger partial charge in [-0.15, -0.1) is 0 Å². The molecule has 178 valence electrons. The van der Waals surface area contributed by atoms with E-state index in [4.69, 9.17) is 4.74 Å².